The molecule has 1 atom stereocenters. The minimum Gasteiger partial charge on any atom is -0.316 e. The third kappa shape index (κ3) is 3.30. The van der Waals surface area contributed by atoms with E-state index in [1.54, 1.807) is 7.05 Å². The van der Waals surface area contributed by atoms with E-state index in [2.05, 4.69) is 15.1 Å². The highest BCUT2D eigenvalue weighted by molar-refractivity contribution is 7.89. The summed E-state index contributed by atoms with van der Waals surface area (Å²) in [6.07, 6.45) is 4.73. The molecule has 1 unspecified atom stereocenters. The average molecular weight is 272 g/mol. The van der Waals surface area contributed by atoms with Crippen LogP contribution < -0.4 is 10.0 Å². The molecule has 0 aromatic carbocycles. The topological polar surface area (TPSA) is 76.0 Å². The molecule has 1 aliphatic heterocycles. The summed E-state index contributed by atoms with van der Waals surface area (Å²) in [6.45, 7) is 2.56. The Morgan fingerprint density at radius 3 is 3.06 bits per heavy atom. The molecule has 1 fully saturated rings. The van der Waals surface area contributed by atoms with Gasteiger partial charge >= 0.3 is 0 Å². The van der Waals surface area contributed by atoms with Gasteiger partial charge in [-0.05, 0) is 44.3 Å². The normalized spacial score (nSPS) is 21.1. The maximum Gasteiger partial charge on any atom is 0.257 e. The number of piperidine rings is 1. The van der Waals surface area contributed by atoms with E-state index < -0.39 is 10.0 Å². The Balaban J connectivity index is 1.84. The first-order valence-corrected chi connectivity index (χ1v) is 7.76. The van der Waals surface area contributed by atoms with E-state index in [0.29, 0.717) is 12.5 Å². The summed E-state index contributed by atoms with van der Waals surface area (Å²) in [6, 6.07) is 1.50. The molecule has 0 amide bonds. The summed E-state index contributed by atoms with van der Waals surface area (Å²) in [5.74, 6) is 0.577. The van der Waals surface area contributed by atoms with Crippen LogP contribution in [0.25, 0.3) is 0 Å². The highest BCUT2D eigenvalue weighted by atomic mass is 32.2. The number of rotatable bonds is 5. The molecule has 0 saturated carbocycles. The molecule has 2 rings (SSSR count). The Morgan fingerprint density at radius 2 is 2.44 bits per heavy atom. The van der Waals surface area contributed by atoms with Crippen LogP contribution in [0.2, 0.25) is 0 Å². The molecule has 0 spiro atoms. The van der Waals surface area contributed by atoms with Crippen molar-refractivity contribution in [3.05, 3.63) is 12.3 Å². The Hall–Kier alpha value is -0.920. The molecule has 6 nitrogen and oxygen atoms in total. The molecule has 1 aromatic rings. The van der Waals surface area contributed by atoms with E-state index in [9.17, 15) is 8.42 Å². The van der Waals surface area contributed by atoms with E-state index >= 15 is 0 Å². The third-order valence-corrected chi connectivity index (χ3v) is 4.83. The smallest absolute Gasteiger partial charge is 0.257 e. The number of aromatic nitrogens is 2. The van der Waals surface area contributed by atoms with Gasteiger partial charge in [-0.3, -0.25) is 4.68 Å². The van der Waals surface area contributed by atoms with Crippen LogP contribution >= 0.6 is 0 Å². The van der Waals surface area contributed by atoms with Crippen molar-refractivity contribution in [1.29, 1.82) is 0 Å². The maximum atomic E-state index is 12.0. The van der Waals surface area contributed by atoms with Crippen molar-refractivity contribution < 1.29 is 8.42 Å². The van der Waals surface area contributed by atoms with Gasteiger partial charge in [0, 0.05) is 13.6 Å². The van der Waals surface area contributed by atoms with Gasteiger partial charge in [0.1, 0.15) is 0 Å². The van der Waals surface area contributed by atoms with Gasteiger partial charge in [-0.2, -0.15) is 5.10 Å². The van der Waals surface area contributed by atoms with Crippen molar-refractivity contribution in [3.63, 3.8) is 0 Å². The lowest BCUT2D eigenvalue weighted by atomic mass is 9.96. The summed E-state index contributed by atoms with van der Waals surface area (Å²) >= 11 is 0. The monoisotopic (exact) mass is 272 g/mol. The highest BCUT2D eigenvalue weighted by Gasteiger charge is 2.18. The van der Waals surface area contributed by atoms with Crippen LogP contribution in [0.15, 0.2) is 17.3 Å². The molecule has 0 aliphatic carbocycles. The number of nitrogens with one attached hydrogen (secondary N) is 2. The molecule has 102 valence electrons. The minimum atomic E-state index is -3.42. The van der Waals surface area contributed by atoms with Crippen LogP contribution in [-0.4, -0.2) is 37.8 Å². The van der Waals surface area contributed by atoms with Crippen molar-refractivity contribution in [1.82, 2.24) is 19.8 Å². The molecule has 0 radical (unpaired) electrons. The number of hydrogen-bond acceptors (Lipinski definition) is 4. The Kier molecular flexibility index (Phi) is 4.36. The van der Waals surface area contributed by atoms with Gasteiger partial charge < -0.3 is 5.32 Å². The Morgan fingerprint density at radius 1 is 1.61 bits per heavy atom. The fraction of sp³-hybridized carbons (Fsp3) is 0.727. The van der Waals surface area contributed by atoms with Crippen LogP contribution in [0.3, 0.4) is 0 Å². The molecule has 1 saturated heterocycles. The lowest BCUT2D eigenvalue weighted by Crippen LogP contribution is -2.33. The average Bonchev–Trinajstić information content (AvgIpc) is 2.77. The van der Waals surface area contributed by atoms with Gasteiger partial charge in [-0.25, -0.2) is 13.1 Å². The number of nitrogens with zero attached hydrogens (tertiary/aromatic N) is 2. The number of aryl methyl sites for hydroxylation is 1. The zero-order valence-corrected chi connectivity index (χ0v) is 11.4. The summed E-state index contributed by atoms with van der Waals surface area (Å²) in [5.41, 5.74) is 0. The first-order valence-electron chi connectivity index (χ1n) is 6.28. The van der Waals surface area contributed by atoms with E-state index in [1.807, 2.05) is 0 Å². The molecule has 2 heterocycles. The quantitative estimate of drug-likeness (QED) is 0.796. The van der Waals surface area contributed by atoms with Crippen LogP contribution in [0.1, 0.15) is 19.3 Å². The van der Waals surface area contributed by atoms with Gasteiger partial charge in [0.15, 0.2) is 5.03 Å². The maximum absolute atomic E-state index is 12.0. The third-order valence-electron chi connectivity index (χ3n) is 3.29. The largest absolute Gasteiger partial charge is 0.316 e. The molecule has 2 N–H and O–H groups in total. The summed E-state index contributed by atoms with van der Waals surface area (Å²) in [4.78, 5) is 0. The minimum absolute atomic E-state index is 0.212. The zero-order chi connectivity index (χ0) is 13.0. The van der Waals surface area contributed by atoms with Crippen LogP contribution in [0.5, 0.6) is 0 Å². The number of sulfonamides is 1. The Labute approximate surface area is 108 Å². The molecule has 1 aromatic heterocycles. The SMILES string of the molecule is Cn1nccc1S(=O)(=O)NCCC1CCCNC1. The lowest BCUT2D eigenvalue weighted by molar-refractivity contribution is 0.358. The first-order chi connectivity index (χ1) is 8.59. The molecule has 7 heteroatoms. The van der Waals surface area contributed by atoms with Crippen molar-refractivity contribution in [3.8, 4) is 0 Å². The first kappa shape index (κ1) is 13.5. The Bertz CT molecular complexity index is 477. The summed E-state index contributed by atoms with van der Waals surface area (Å²) in [5, 5.41) is 7.41. The van der Waals surface area contributed by atoms with Crippen molar-refractivity contribution in [2.75, 3.05) is 19.6 Å². The van der Waals surface area contributed by atoms with Gasteiger partial charge in [0.05, 0.1) is 6.20 Å². The molecule has 18 heavy (non-hydrogen) atoms. The second-order valence-corrected chi connectivity index (χ2v) is 6.41. The predicted octanol–water partition coefficient (Wildman–Crippen LogP) is 0.0881. The highest BCUT2D eigenvalue weighted by Crippen LogP contribution is 2.13. The molecule has 0 bridgehead atoms. The van der Waals surface area contributed by atoms with E-state index in [4.69, 9.17) is 0 Å². The second kappa shape index (κ2) is 5.81. The molecular formula is C11H20N4O2S. The standard InChI is InChI=1S/C11H20N4O2S/c1-15-11(5-7-13-15)18(16,17)14-8-4-10-3-2-6-12-9-10/h5,7,10,12,14H,2-4,6,8-9H2,1H3. The van der Waals surface area contributed by atoms with Crippen LogP contribution in [0.4, 0.5) is 0 Å². The summed E-state index contributed by atoms with van der Waals surface area (Å²) in [7, 11) is -1.79. The summed E-state index contributed by atoms with van der Waals surface area (Å²) < 4.78 is 27.9. The lowest BCUT2D eigenvalue weighted by Gasteiger charge is -2.22. The van der Waals surface area contributed by atoms with Crippen molar-refractivity contribution in [2.24, 2.45) is 13.0 Å². The van der Waals surface area contributed by atoms with Gasteiger partial charge in [-0.15, -0.1) is 0 Å². The molecule has 1 aliphatic rings. The molecular weight excluding hydrogens is 252 g/mol. The van der Waals surface area contributed by atoms with Crippen LogP contribution in [0, 0.1) is 5.92 Å². The fourth-order valence-corrected chi connectivity index (χ4v) is 3.44. The predicted molar refractivity (Wildman–Crippen MR) is 68.6 cm³/mol. The van der Waals surface area contributed by atoms with Crippen molar-refractivity contribution in [2.45, 2.75) is 24.3 Å². The zero-order valence-electron chi connectivity index (χ0n) is 10.6. The van der Waals surface area contributed by atoms with Gasteiger partial charge in [0.25, 0.3) is 10.0 Å². The van der Waals surface area contributed by atoms with E-state index in [1.165, 1.54) is 29.8 Å². The van der Waals surface area contributed by atoms with Crippen LogP contribution in [-0.2, 0) is 17.1 Å². The van der Waals surface area contributed by atoms with Crippen molar-refractivity contribution >= 4 is 10.0 Å². The van der Waals surface area contributed by atoms with E-state index in [-0.39, 0.29) is 5.03 Å². The number of hydrogen-bond donors (Lipinski definition) is 2. The fourth-order valence-electron chi connectivity index (χ4n) is 2.27. The second-order valence-electron chi connectivity index (χ2n) is 4.69. The van der Waals surface area contributed by atoms with Gasteiger partial charge in [-0.1, -0.05) is 0 Å². The van der Waals surface area contributed by atoms with Gasteiger partial charge in [0.2, 0.25) is 0 Å². The van der Waals surface area contributed by atoms with E-state index in [0.717, 1.165) is 19.5 Å².